The normalized spacial score (nSPS) is 10.4. The number of rotatable bonds is 26. The van der Waals surface area contributed by atoms with Gasteiger partial charge in [-0.05, 0) is 52.2 Å². The third kappa shape index (κ3) is 29.2. The molecule has 0 saturated heterocycles. The molecule has 5 rings (SSSR count). The number of hydrogen-bond acceptors (Lipinski definition) is 8. The Hall–Kier alpha value is -5.58. The fourth-order valence-electron chi connectivity index (χ4n) is 8.31. The molecule has 0 atom stereocenters. The Bertz CT molecular complexity index is 1990. The molecule has 3 heterocycles. The van der Waals surface area contributed by atoms with Crippen LogP contribution in [0.5, 0.6) is 0 Å². The number of anilines is 2. The Morgan fingerprint density at radius 1 is 0.426 bits per heavy atom. The number of aliphatic carboxylic acids is 3. The highest BCUT2D eigenvalue weighted by Crippen LogP contribution is 2.21. The van der Waals surface area contributed by atoms with Gasteiger partial charge in [0.1, 0.15) is 19.6 Å². The van der Waals surface area contributed by atoms with Crippen LogP contribution in [-0.4, -0.2) is 17.9 Å². The lowest BCUT2D eigenvalue weighted by molar-refractivity contribution is -0.697. The average molecular weight is 938 g/mol. The van der Waals surface area contributed by atoms with Crippen molar-refractivity contribution in [3.05, 3.63) is 103 Å². The first-order valence-corrected chi connectivity index (χ1v) is 25.5. The molecule has 68 heavy (non-hydrogen) atoms. The van der Waals surface area contributed by atoms with Gasteiger partial charge >= 0.3 is 0 Å². The Labute approximate surface area is 409 Å². The lowest BCUT2D eigenvalue weighted by atomic mass is 10.0. The van der Waals surface area contributed by atoms with Crippen LogP contribution in [0.15, 0.2) is 91.3 Å². The first-order chi connectivity index (χ1) is 32.7. The third-order valence-electron chi connectivity index (χ3n) is 11.7. The van der Waals surface area contributed by atoms with Crippen molar-refractivity contribution in [2.24, 2.45) is 0 Å². The zero-order valence-electron chi connectivity index (χ0n) is 42.8. The second kappa shape index (κ2) is 38.4. The van der Waals surface area contributed by atoms with E-state index in [2.05, 4.69) is 126 Å². The van der Waals surface area contributed by atoms with Crippen molar-refractivity contribution in [1.82, 2.24) is 0 Å². The standard InChI is InChI=1S/C30H38N4.C21H38N.3C2H4O2/c1-23-21-27(31)25-15-9-11-17-29(25)33(23)19-13-7-5-3-4-6-8-14-20-34-24(2)22-28(32)26-16-10-12-18-30(26)34;1-2-3-4-5-6-7-8-9-10-11-12-13-14-16-19-22-20-17-15-18-21-22;3*1-2(3)4/h9-12,15-18,21-22,31-32H,3-8,13-14,19-20H2,1-2H3;15,17-18,20-21H,2-14,16,19H2,1H3;3*1H3,(H,3,4)/q;+1;;;/p-1. The second-order valence-electron chi connectivity index (χ2n) is 17.8. The zero-order valence-corrected chi connectivity index (χ0v) is 42.8. The van der Waals surface area contributed by atoms with Crippen molar-refractivity contribution in [2.45, 2.75) is 202 Å². The van der Waals surface area contributed by atoms with Gasteiger partial charge in [0.2, 0.25) is 11.0 Å². The minimum Gasteiger partial charge on any atom is -0.550 e. The van der Waals surface area contributed by atoms with Crippen molar-refractivity contribution < 1.29 is 43.4 Å². The number of fused-ring (bicyclic) bond motifs is 2. The van der Waals surface area contributed by atoms with Gasteiger partial charge in [-0.2, -0.15) is 9.13 Å². The van der Waals surface area contributed by atoms with E-state index in [1.165, 1.54) is 170 Å². The summed E-state index contributed by atoms with van der Waals surface area (Å²) in [4.78, 5) is 26.7. The summed E-state index contributed by atoms with van der Waals surface area (Å²) in [6.07, 6.45) is 34.8. The summed E-state index contributed by atoms with van der Waals surface area (Å²) in [5.74, 6) is -3.25. The number of nitrogen functional groups attached to an aromatic ring is 2. The molecule has 0 fully saturated rings. The number of nitrogens with zero attached hydrogens (tertiary/aromatic N) is 3. The van der Waals surface area contributed by atoms with Gasteiger partial charge in [-0.25, -0.2) is 4.57 Å². The molecule has 2 aromatic carbocycles. The predicted octanol–water partition coefficient (Wildman–Crippen LogP) is 8.89. The predicted molar refractivity (Wildman–Crippen MR) is 273 cm³/mol. The van der Waals surface area contributed by atoms with Crippen LogP contribution in [0.3, 0.4) is 0 Å². The van der Waals surface area contributed by atoms with Crippen LogP contribution in [0, 0.1) is 13.8 Å². The molecule has 4 N–H and O–H groups in total. The number of pyridine rings is 3. The Balaban J connectivity index is 0.000000580. The van der Waals surface area contributed by atoms with Gasteiger partial charge in [-0.3, -0.25) is 0 Å². The number of aromatic nitrogens is 3. The van der Waals surface area contributed by atoms with Crippen LogP contribution in [0.4, 0.5) is 11.4 Å². The summed E-state index contributed by atoms with van der Waals surface area (Å²) >= 11 is 0. The summed E-state index contributed by atoms with van der Waals surface area (Å²) < 4.78 is 7.14. The molecule has 0 unspecified atom stereocenters. The fraction of sp³-hybridized carbons (Fsp3) is 0.544. The monoisotopic (exact) mass is 938 g/mol. The van der Waals surface area contributed by atoms with Crippen LogP contribution < -0.4 is 40.5 Å². The van der Waals surface area contributed by atoms with E-state index in [4.69, 9.17) is 41.2 Å². The third-order valence-corrected chi connectivity index (χ3v) is 11.7. The Morgan fingerprint density at radius 3 is 1.03 bits per heavy atom. The number of carbonyl (C=O) groups is 3. The van der Waals surface area contributed by atoms with Gasteiger partial charge in [-0.15, -0.1) is 0 Å². The lowest BCUT2D eigenvalue weighted by Gasteiger charge is -2.08. The number of unbranched alkanes of at least 4 members (excludes halogenated alkanes) is 20. The summed E-state index contributed by atoms with van der Waals surface area (Å²) in [7, 11) is 0. The number of carboxylic acid groups (broad SMARTS) is 3. The highest BCUT2D eigenvalue weighted by molar-refractivity contribution is 5.88. The number of carbonyl (C=O) groups excluding carboxylic acids is 3. The van der Waals surface area contributed by atoms with Crippen molar-refractivity contribution in [3.8, 4) is 0 Å². The van der Waals surface area contributed by atoms with Gasteiger partial charge in [0.15, 0.2) is 23.8 Å². The van der Waals surface area contributed by atoms with E-state index in [1.807, 2.05) is 0 Å². The summed E-state index contributed by atoms with van der Waals surface area (Å²) in [5.41, 5.74) is 19.2. The quantitative estimate of drug-likeness (QED) is 0.0407. The zero-order chi connectivity index (χ0) is 50.4. The smallest absolute Gasteiger partial charge is 0.214 e. The fourth-order valence-corrected chi connectivity index (χ4v) is 8.31. The number of hydrogen-bond donors (Lipinski definition) is 2. The molecule has 11 nitrogen and oxygen atoms in total. The van der Waals surface area contributed by atoms with E-state index in [0.717, 1.165) is 56.0 Å². The summed E-state index contributed by atoms with van der Waals surface area (Å²) in [6, 6.07) is 27.5. The molecule has 0 amide bonds. The van der Waals surface area contributed by atoms with E-state index in [0.29, 0.717) is 0 Å². The molecule has 5 aromatic rings. The van der Waals surface area contributed by atoms with Gasteiger partial charge in [-0.1, -0.05) is 140 Å². The maximum absolute atomic E-state index is 8.89. The molecule has 3 aromatic heterocycles. The van der Waals surface area contributed by atoms with Gasteiger partial charge in [0.05, 0.1) is 22.1 Å². The first kappa shape index (κ1) is 60.4. The van der Waals surface area contributed by atoms with Crippen LogP contribution in [0.2, 0.25) is 0 Å². The molecule has 376 valence electrons. The van der Waals surface area contributed by atoms with Crippen LogP contribution in [-0.2, 0) is 34.0 Å². The summed E-state index contributed by atoms with van der Waals surface area (Å²) in [6.45, 7) is 12.8. The number of carboxylic acids is 3. The maximum atomic E-state index is 8.89. The molecule has 0 bridgehead atoms. The second-order valence-corrected chi connectivity index (χ2v) is 17.8. The first-order valence-electron chi connectivity index (χ1n) is 25.5. The molecular formula is C57H87N5O6. The molecule has 0 spiro atoms. The molecular weight excluding hydrogens is 851 g/mol. The molecule has 0 aliphatic carbocycles. The van der Waals surface area contributed by atoms with E-state index in [-0.39, 0.29) is 0 Å². The molecule has 0 saturated carbocycles. The van der Waals surface area contributed by atoms with Gasteiger partial charge in [0, 0.05) is 87.4 Å². The number of nitrogens with two attached hydrogens (primary N) is 2. The minimum absolute atomic E-state index is 0.877. The SMILES string of the molecule is CC(=O)[O-].CC(=O)[O-].CC(=O)[O-].CCCCCCCCCCCCCCCC[n+]1ccccc1.Cc1cc(N)c2ccccc2[n+]1CCCCCCCCCC[n+]1c(C)cc(N)c2ccccc21. The largest absolute Gasteiger partial charge is 0.550 e. The van der Waals surface area contributed by atoms with Crippen molar-refractivity contribution in [2.75, 3.05) is 11.5 Å². The molecule has 0 aliphatic heterocycles. The number of benzene rings is 2. The average Bonchev–Trinajstić information content (AvgIpc) is 3.29. The Kier molecular flexibility index (Phi) is 34.1. The molecule has 0 aliphatic rings. The van der Waals surface area contributed by atoms with Gasteiger partial charge < -0.3 is 41.2 Å². The summed E-state index contributed by atoms with van der Waals surface area (Å²) in [5, 5.41) is 29.0. The van der Waals surface area contributed by atoms with Crippen molar-refractivity contribution in [3.63, 3.8) is 0 Å². The van der Waals surface area contributed by atoms with Crippen LogP contribution in [0.25, 0.3) is 21.8 Å². The highest BCUT2D eigenvalue weighted by Gasteiger charge is 2.16. The van der Waals surface area contributed by atoms with E-state index >= 15 is 0 Å². The Morgan fingerprint density at radius 2 is 0.706 bits per heavy atom. The minimum atomic E-state index is -1.08. The van der Waals surface area contributed by atoms with Crippen LogP contribution >= 0.6 is 0 Å². The molecule has 11 heteroatoms. The number of para-hydroxylation sites is 2. The number of aryl methyl sites for hydroxylation is 5. The van der Waals surface area contributed by atoms with Crippen molar-refractivity contribution >= 4 is 51.1 Å². The maximum Gasteiger partial charge on any atom is 0.214 e. The topological polar surface area (TPSA) is 184 Å². The van der Waals surface area contributed by atoms with E-state index in [9.17, 15) is 0 Å². The molecule has 0 radical (unpaired) electrons. The van der Waals surface area contributed by atoms with Gasteiger partial charge in [0.25, 0.3) is 0 Å². The van der Waals surface area contributed by atoms with Crippen molar-refractivity contribution in [1.29, 1.82) is 0 Å². The highest BCUT2D eigenvalue weighted by atomic mass is 16.4. The lowest BCUT2D eigenvalue weighted by Crippen LogP contribution is -2.38. The van der Waals surface area contributed by atoms with E-state index in [1.54, 1.807) is 0 Å². The van der Waals surface area contributed by atoms with Crippen LogP contribution in [0.1, 0.15) is 180 Å². The van der Waals surface area contributed by atoms with E-state index < -0.39 is 17.9 Å².